The molecule has 0 saturated carbocycles. The number of hydrogen-bond donors (Lipinski definition) is 1. The molecule has 0 saturated heterocycles. The Kier molecular flexibility index (Phi) is 7.69. The Balaban J connectivity index is 2.39. The number of unbranched alkanes of at least 4 members (excludes halogenated alkanes) is 1. The van der Waals surface area contributed by atoms with Gasteiger partial charge in [0.1, 0.15) is 5.82 Å². The highest BCUT2D eigenvalue weighted by Gasteiger charge is 2.06. The molecule has 4 heteroatoms. The molecule has 0 aliphatic rings. The molecular weight excluding hydrogens is 265 g/mol. The maximum atomic E-state index is 13.2. The summed E-state index contributed by atoms with van der Waals surface area (Å²) in [5.74, 6) is -0.312. The van der Waals surface area contributed by atoms with Crippen LogP contribution in [0.5, 0.6) is 0 Å². The average molecular weight is 291 g/mol. The predicted octanol–water partition coefficient (Wildman–Crippen LogP) is 3.84. The van der Waals surface area contributed by atoms with Crippen molar-refractivity contribution in [3.05, 3.63) is 36.2 Å². The van der Waals surface area contributed by atoms with Gasteiger partial charge in [-0.2, -0.15) is 0 Å². The van der Waals surface area contributed by atoms with Gasteiger partial charge in [-0.05, 0) is 51.3 Å². The highest BCUT2D eigenvalue weighted by molar-refractivity contribution is 5.73. The zero-order valence-corrected chi connectivity index (χ0v) is 13.2. The monoisotopic (exact) mass is 291 g/mol. The molecule has 0 bridgehead atoms. The molecule has 0 aliphatic carbocycles. The van der Waals surface area contributed by atoms with Crippen LogP contribution in [0.3, 0.4) is 0 Å². The van der Waals surface area contributed by atoms with Crippen molar-refractivity contribution in [2.24, 2.45) is 4.99 Å². The summed E-state index contributed by atoms with van der Waals surface area (Å²) in [5.41, 5.74) is 2.09. The van der Waals surface area contributed by atoms with E-state index in [1.807, 2.05) is 0 Å². The van der Waals surface area contributed by atoms with Crippen molar-refractivity contribution in [2.75, 3.05) is 26.2 Å². The lowest BCUT2D eigenvalue weighted by atomic mass is 10.1. The molecule has 1 aromatic rings. The maximum absolute atomic E-state index is 13.2. The van der Waals surface area contributed by atoms with Gasteiger partial charge in [-0.3, -0.25) is 4.99 Å². The van der Waals surface area contributed by atoms with Crippen LogP contribution in [-0.2, 0) is 0 Å². The fourth-order valence-electron chi connectivity index (χ4n) is 2.23. The van der Waals surface area contributed by atoms with Crippen LogP contribution in [0.2, 0.25) is 0 Å². The maximum Gasteiger partial charge on any atom is 0.125 e. The molecule has 116 valence electrons. The number of nitrogens with zero attached hydrogens (tertiary/aromatic N) is 2. The number of benzene rings is 1. The van der Waals surface area contributed by atoms with Crippen LogP contribution in [0.4, 0.5) is 10.1 Å². The summed E-state index contributed by atoms with van der Waals surface area (Å²) in [5, 5.41) is 3.28. The van der Waals surface area contributed by atoms with Crippen LogP contribution in [0.1, 0.15) is 32.3 Å². The minimum atomic E-state index is -0.312. The molecule has 1 N–H and O–H groups in total. The molecule has 0 radical (unpaired) electrons. The van der Waals surface area contributed by atoms with Crippen LogP contribution in [0.15, 0.2) is 29.8 Å². The Morgan fingerprint density at radius 3 is 2.62 bits per heavy atom. The third-order valence-electron chi connectivity index (χ3n) is 3.59. The second kappa shape index (κ2) is 9.29. The van der Waals surface area contributed by atoms with Crippen molar-refractivity contribution >= 4 is 18.1 Å². The molecule has 0 spiro atoms. The van der Waals surface area contributed by atoms with Crippen molar-refractivity contribution in [1.29, 1.82) is 0 Å². The third kappa shape index (κ3) is 5.68. The van der Waals surface area contributed by atoms with E-state index in [0.717, 1.165) is 50.3 Å². The minimum Gasteiger partial charge on any atom is -0.385 e. The van der Waals surface area contributed by atoms with E-state index in [1.165, 1.54) is 12.1 Å². The number of halogens is 1. The van der Waals surface area contributed by atoms with E-state index in [4.69, 9.17) is 0 Å². The second-order valence-corrected chi connectivity index (χ2v) is 4.96. The van der Waals surface area contributed by atoms with E-state index in [9.17, 15) is 4.39 Å². The van der Waals surface area contributed by atoms with Gasteiger partial charge >= 0.3 is 0 Å². The van der Waals surface area contributed by atoms with E-state index in [-0.39, 0.29) is 5.82 Å². The van der Waals surface area contributed by atoms with E-state index >= 15 is 0 Å². The van der Waals surface area contributed by atoms with Crippen LogP contribution in [0.25, 0.3) is 5.70 Å². The Bertz CT molecular complexity index is 467. The second-order valence-electron chi connectivity index (χ2n) is 4.96. The fraction of sp³-hybridized carbons (Fsp3) is 0.471. The van der Waals surface area contributed by atoms with Crippen LogP contribution < -0.4 is 5.32 Å². The molecule has 0 amide bonds. The van der Waals surface area contributed by atoms with Crippen LogP contribution in [0, 0.1) is 5.82 Å². The molecule has 1 rings (SSSR count). The summed E-state index contributed by atoms with van der Waals surface area (Å²) in [7, 11) is 0. The smallest absolute Gasteiger partial charge is 0.125 e. The standard InChI is InChI=1S/C17H26FN3/c1-5-21(6-2)12-8-7-11-20-14(3)16-10-9-15(18)13-17(16)19-4/h9-10,13,20H,3-8,11-12H2,1-2H3. The molecular formula is C17H26FN3. The summed E-state index contributed by atoms with van der Waals surface area (Å²) >= 11 is 0. The Morgan fingerprint density at radius 2 is 2.00 bits per heavy atom. The Morgan fingerprint density at radius 1 is 1.29 bits per heavy atom. The largest absolute Gasteiger partial charge is 0.385 e. The summed E-state index contributed by atoms with van der Waals surface area (Å²) in [6.07, 6.45) is 2.23. The number of rotatable bonds is 10. The van der Waals surface area contributed by atoms with Crippen molar-refractivity contribution < 1.29 is 4.39 Å². The molecule has 0 unspecified atom stereocenters. The minimum absolute atomic E-state index is 0.312. The number of nitrogens with one attached hydrogen (secondary N) is 1. The number of hydrogen-bond acceptors (Lipinski definition) is 3. The molecule has 0 aromatic heterocycles. The van der Waals surface area contributed by atoms with E-state index < -0.39 is 0 Å². The van der Waals surface area contributed by atoms with Crippen molar-refractivity contribution in [1.82, 2.24) is 10.2 Å². The molecule has 3 nitrogen and oxygen atoms in total. The quantitative estimate of drug-likeness (QED) is 0.524. The van der Waals surface area contributed by atoms with Gasteiger partial charge < -0.3 is 10.2 Å². The lowest BCUT2D eigenvalue weighted by Crippen LogP contribution is -2.24. The molecule has 0 fully saturated rings. The third-order valence-corrected chi connectivity index (χ3v) is 3.59. The van der Waals surface area contributed by atoms with Gasteiger partial charge in [-0.25, -0.2) is 4.39 Å². The highest BCUT2D eigenvalue weighted by atomic mass is 19.1. The summed E-state index contributed by atoms with van der Waals surface area (Å²) in [6, 6.07) is 4.47. The first-order valence-corrected chi connectivity index (χ1v) is 7.54. The van der Waals surface area contributed by atoms with E-state index in [0.29, 0.717) is 5.69 Å². The lowest BCUT2D eigenvalue weighted by molar-refractivity contribution is 0.297. The van der Waals surface area contributed by atoms with E-state index in [1.54, 1.807) is 6.07 Å². The van der Waals surface area contributed by atoms with Gasteiger partial charge in [0.15, 0.2) is 0 Å². The summed E-state index contributed by atoms with van der Waals surface area (Å²) in [4.78, 5) is 6.26. The zero-order valence-electron chi connectivity index (χ0n) is 13.2. The molecule has 0 heterocycles. The first kappa shape index (κ1) is 17.4. The predicted molar refractivity (Wildman–Crippen MR) is 89.7 cm³/mol. The Labute approximate surface area is 127 Å². The average Bonchev–Trinajstić information content (AvgIpc) is 2.50. The van der Waals surface area contributed by atoms with Crippen molar-refractivity contribution in [3.63, 3.8) is 0 Å². The van der Waals surface area contributed by atoms with Gasteiger partial charge in [0, 0.05) is 23.9 Å². The van der Waals surface area contributed by atoms with Crippen LogP contribution in [-0.4, -0.2) is 37.8 Å². The van der Waals surface area contributed by atoms with Crippen molar-refractivity contribution in [2.45, 2.75) is 26.7 Å². The SMILES string of the molecule is C=Nc1cc(F)ccc1C(=C)NCCCCN(CC)CC. The first-order valence-electron chi connectivity index (χ1n) is 7.54. The molecule has 0 aliphatic heterocycles. The zero-order chi connectivity index (χ0) is 15.7. The highest BCUT2D eigenvalue weighted by Crippen LogP contribution is 2.24. The van der Waals surface area contributed by atoms with Gasteiger partial charge in [-0.15, -0.1) is 0 Å². The fourth-order valence-corrected chi connectivity index (χ4v) is 2.23. The normalized spacial score (nSPS) is 10.7. The van der Waals surface area contributed by atoms with Crippen molar-refractivity contribution in [3.8, 4) is 0 Å². The van der Waals surface area contributed by atoms with Crippen LogP contribution >= 0.6 is 0 Å². The summed E-state index contributed by atoms with van der Waals surface area (Å²) < 4.78 is 13.2. The summed E-state index contributed by atoms with van der Waals surface area (Å²) in [6.45, 7) is 16.0. The van der Waals surface area contributed by atoms with Gasteiger partial charge in [0.2, 0.25) is 0 Å². The Hall–Kier alpha value is -1.68. The van der Waals surface area contributed by atoms with Gasteiger partial charge in [0.05, 0.1) is 5.69 Å². The lowest BCUT2D eigenvalue weighted by Gasteiger charge is -2.18. The first-order chi connectivity index (χ1) is 10.1. The van der Waals surface area contributed by atoms with Gasteiger partial charge in [0.25, 0.3) is 0 Å². The molecule has 1 aromatic carbocycles. The molecule has 0 atom stereocenters. The van der Waals surface area contributed by atoms with Gasteiger partial charge in [-0.1, -0.05) is 20.4 Å². The topological polar surface area (TPSA) is 27.6 Å². The number of aliphatic imine (C=N–C) groups is 1. The van der Waals surface area contributed by atoms with E-state index in [2.05, 4.69) is 42.4 Å². The molecule has 21 heavy (non-hydrogen) atoms.